The van der Waals surface area contributed by atoms with Gasteiger partial charge in [-0.3, -0.25) is 0 Å². The van der Waals surface area contributed by atoms with Crippen molar-refractivity contribution in [2.45, 2.75) is 6.42 Å². The van der Waals surface area contributed by atoms with Gasteiger partial charge >= 0.3 is 0 Å². The summed E-state index contributed by atoms with van der Waals surface area (Å²) in [6.07, 6.45) is 13.4. The van der Waals surface area contributed by atoms with Gasteiger partial charge in [-0.2, -0.15) is 0 Å². The Labute approximate surface area is 191 Å². The molecule has 0 spiro atoms. The predicted octanol–water partition coefficient (Wildman–Crippen LogP) is 0.667. The van der Waals surface area contributed by atoms with Gasteiger partial charge in [0, 0.05) is 0 Å². The summed E-state index contributed by atoms with van der Waals surface area (Å²) in [6, 6.07) is 33.2. The minimum atomic E-state index is -4.94. The van der Waals surface area contributed by atoms with E-state index >= 15 is 0 Å². The van der Waals surface area contributed by atoms with E-state index in [1.54, 1.807) is 0 Å². The molecule has 1 aliphatic rings. The van der Waals surface area contributed by atoms with Crippen LogP contribution in [0.4, 0.5) is 0 Å². The molecular formula is C26H24ClO4P. The number of hydrogen-bond donors (Lipinski definition) is 0. The molecule has 3 aromatic carbocycles. The van der Waals surface area contributed by atoms with Crippen LogP contribution in [0, 0.1) is 10.2 Å². The van der Waals surface area contributed by atoms with Gasteiger partial charge in [0.2, 0.25) is 0 Å². The van der Waals surface area contributed by atoms with Gasteiger partial charge in [-0.25, -0.2) is 18.6 Å². The summed E-state index contributed by atoms with van der Waals surface area (Å²) in [5, 5.41) is 4.30. The Balaban J connectivity index is 0.000000523. The molecule has 6 heteroatoms. The zero-order valence-corrected chi connectivity index (χ0v) is 19.1. The van der Waals surface area contributed by atoms with Gasteiger partial charge in [0.15, 0.2) is 0 Å². The van der Waals surface area contributed by atoms with Crippen molar-refractivity contribution in [3.8, 4) is 0 Å². The topological polar surface area (TPSA) is 92.2 Å². The molecule has 164 valence electrons. The van der Waals surface area contributed by atoms with Gasteiger partial charge in [0.05, 0.1) is 6.16 Å². The van der Waals surface area contributed by atoms with Crippen molar-refractivity contribution >= 4 is 23.2 Å². The summed E-state index contributed by atoms with van der Waals surface area (Å²) in [5.41, 5.74) is 1.31. The third kappa shape index (κ3) is 6.72. The highest BCUT2D eigenvalue weighted by Crippen LogP contribution is 2.55. The Kier molecular flexibility index (Phi) is 8.54. The fraction of sp³-hybridized carbons (Fsp3) is 0.0769. The molecular weight excluding hydrogens is 443 g/mol. The molecule has 0 fully saturated rings. The zero-order valence-electron chi connectivity index (χ0n) is 17.4. The highest BCUT2D eigenvalue weighted by molar-refractivity contribution is 7.95. The molecule has 0 aromatic heterocycles. The van der Waals surface area contributed by atoms with Gasteiger partial charge < -0.3 is 0 Å². The lowest BCUT2D eigenvalue weighted by molar-refractivity contribution is -2.00. The molecule has 0 unspecified atom stereocenters. The van der Waals surface area contributed by atoms with E-state index in [-0.39, 0.29) is 0 Å². The number of benzene rings is 3. The van der Waals surface area contributed by atoms with Gasteiger partial charge in [0.25, 0.3) is 0 Å². The highest BCUT2D eigenvalue weighted by Gasteiger charge is 2.44. The Morgan fingerprint density at radius 1 is 0.625 bits per heavy atom. The summed E-state index contributed by atoms with van der Waals surface area (Å²) in [4.78, 5) is 0. The van der Waals surface area contributed by atoms with Crippen LogP contribution in [0.1, 0.15) is 6.42 Å². The average molecular weight is 467 g/mol. The first-order valence-corrected chi connectivity index (χ1v) is 13.3. The van der Waals surface area contributed by atoms with Crippen molar-refractivity contribution in [2.75, 3.05) is 6.16 Å². The second-order valence-electron chi connectivity index (χ2n) is 7.12. The van der Waals surface area contributed by atoms with Crippen molar-refractivity contribution in [1.82, 2.24) is 0 Å². The van der Waals surface area contributed by atoms with Gasteiger partial charge in [-0.1, -0.05) is 78.9 Å². The summed E-state index contributed by atoms with van der Waals surface area (Å²) in [7, 11) is -6.71. The number of rotatable bonds is 5. The number of halogens is 1. The molecule has 0 N–H and O–H groups in total. The quantitative estimate of drug-likeness (QED) is 0.517. The molecule has 0 bridgehead atoms. The van der Waals surface area contributed by atoms with E-state index in [4.69, 9.17) is 18.6 Å². The standard InChI is InChI=1S/C26H24P.ClHO4/c1-5-13-23(14-6-1)21-22-27(24-15-7-2-8-16-24,25-17-9-3-10-18-25)26-19-11-4-12-20-26;2-1(3,4)5/h2-21H,1,22H2;(H,2,3,4,5)/q+1;/p-1. The van der Waals surface area contributed by atoms with Crippen LogP contribution in [0.25, 0.3) is 0 Å². The second-order valence-corrected chi connectivity index (χ2v) is 11.4. The minimum Gasteiger partial charge on any atom is -0.222 e. The van der Waals surface area contributed by atoms with Crippen molar-refractivity contribution in [3.63, 3.8) is 0 Å². The molecule has 32 heavy (non-hydrogen) atoms. The first kappa shape index (κ1) is 24.1. The van der Waals surface area contributed by atoms with Crippen molar-refractivity contribution < 1.29 is 28.9 Å². The van der Waals surface area contributed by atoms with Crippen LogP contribution in [0.2, 0.25) is 0 Å². The molecule has 1 aliphatic carbocycles. The Bertz CT molecular complexity index is 943. The van der Waals surface area contributed by atoms with E-state index < -0.39 is 17.5 Å². The summed E-state index contributed by atoms with van der Waals surface area (Å²) < 4.78 is 34.0. The van der Waals surface area contributed by atoms with Crippen molar-refractivity contribution in [2.24, 2.45) is 0 Å². The van der Waals surface area contributed by atoms with E-state index in [1.807, 2.05) is 0 Å². The summed E-state index contributed by atoms with van der Waals surface area (Å²) in [5.74, 6) is 0. The van der Waals surface area contributed by atoms with Gasteiger partial charge in [-0.05, 0) is 54.5 Å². The molecule has 0 aliphatic heterocycles. The Morgan fingerprint density at radius 2 is 0.969 bits per heavy atom. The van der Waals surface area contributed by atoms with Crippen LogP contribution in [0.15, 0.2) is 127 Å². The maximum Gasteiger partial charge on any atom is 0.116 e. The lowest BCUT2D eigenvalue weighted by Crippen LogP contribution is -2.68. The second kappa shape index (κ2) is 11.3. The Morgan fingerprint density at radius 3 is 1.31 bits per heavy atom. The molecule has 0 amide bonds. The molecule has 0 radical (unpaired) electrons. The third-order valence-corrected chi connectivity index (χ3v) is 9.35. The maximum atomic E-state index is 8.49. The van der Waals surface area contributed by atoms with Gasteiger partial charge in [-0.15, -0.1) is 10.2 Å². The van der Waals surface area contributed by atoms with E-state index in [1.165, 1.54) is 21.5 Å². The molecule has 3 aromatic rings. The number of hydrogen-bond acceptors (Lipinski definition) is 4. The monoisotopic (exact) mass is 466 g/mol. The largest absolute Gasteiger partial charge is 0.222 e. The molecule has 0 saturated heterocycles. The minimum absolute atomic E-state index is 1.02. The molecule has 4 nitrogen and oxygen atoms in total. The zero-order chi connectivity index (χ0) is 22.9. The smallest absolute Gasteiger partial charge is 0.116 e. The first-order chi connectivity index (χ1) is 15.4. The van der Waals surface area contributed by atoms with E-state index in [9.17, 15) is 0 Å². The fourth-order valence-electron chi connectivity index (χ4n) is 3.73. The van der Waals surface area contributed by atoms with E-state index in [2.05, 4.69) is 121 Å². The normalized spacial score (nSPS) is 13.3. The van der Waals surface area contributed by atoms with Crippen LogP contribution < -0.4 is 34.5 Å². The maximum absolute atomic E-state index is 8.49. The molecule has 4 rings (SSSR count). The van der Waals surface area contributed by atoms with E-state index in [0.29, 0.717) is 0 Å². The summed E-state index contributed by atoms with van der Waals surface area (Å²) >= 11 is 0. The van der Waals surface area contributed by atoms with Crippen LogP contribution in [-0.2, 0) is 0 Å². The first-order valence-electron chi connectivity index (χ1n) is 10.1. The van der Waals surface area contributed by atoms with Crippen molar-refractivity contribution in [1.29, 1.82) is 0 Å². The molecule has 0 saturated carbocycles. The lowest BCUT2D eigenvalue weighted by Gasteiger charge is -2.26. The van der Waals surface area contributed by atoms with E-state index in [0.717, 1.165) is 12.6 Å². The van der Waals surface area contributed by atoms with Gasteiger partial charge in [0.1, 0.15) is 23.2 Å². The summed E-state index contributed by atoms with van der Waals surface area (Å²) in [6.45, 7) is 0. The van der Waals surface area contributed by atoms with Crippen LogP contribution in [0.5, 0.6) is 0 Å². The molecule has 0 heterocycles. The predicted molar refractivity (Wildman–Crippen MR) is 121 cm³/mol. The lowest BCUT2D eigenvalue weighted by atomic mass is 10.1. The SMILES string of the molecule is C1=CC(=CC[P+](c2ccccc2)(c2ccccc2)c2ccccc2)C=CC1.[O-][Cl+3]([O-])([O-])[O-]. The van der Waals surface area contributed by atoms with Crippen molar-refractivity contribution in [3.05, 3.63) is 127 Å². The average Bonchev–Trinajstić information content (AvgIpc) is 2.81. The highest BCUT2D eigenvalue weighted by atomic mass is 35.7. The molecule has 0 atom stereocenters. The third-order valence-electron chi connectivity index (χ3n) is 5.08. The number of allylic oxidation sites excluding steroid dienone is 6. The Hall–Kier alpha value is -2.56. The van der Waals surface area contributed by atoms with Crippen LogP contribution >= 0.6 is 7.26 Å². The fourth-order valence-corrected chi connectivity index (χ4v) is 7.79. The van der Waals surface area contributed by atoms with Crippen LogP contribution in [-0.4, -0.2) is 6.16 Å². The van der Waals surface area contributed by atoms with Crippen LogP contribution in [0.3, 0.4) is 0 Å².